The van der Waals surface area contributed by atoms with Gasteiger partial charge in [-0.05, 0) is 18.2 Å². The van der Waals surface area contributed by atoms with E-state index in [1.807, 2.05) is 42.5 Å². The number of phenolic OH excluding ortho intramolecular Hbond substituents is 1. The van der Waals surface area contributed by atoms with Gasteiger partial charge in [-0.3, -0.25) is 0 Å². The quantitative estimate of drug-likeness (QED) is 0.740. The predicted octanol–water partition coefficient (Wildman–Crippen LogP) is 3.81. The van der Waals surface area contributed by atoms with E-state index in [2.05, 4.69) is 0 Å². The highest BCUT2D eigenvalue weighted by Crippen LogP contribution is 2.38. The zero-order valence-electron chi connectivity index (χ0n) is 9.88. The fourth-order valence-corrected chi connectivity index (χ4v) is 2.01. The molecule has 0 amide bonds. The number of ether oxygens (including phenoxy) is 1. The van der Waals surface area contributed by atoms with Crippen molar-refractivity contribution in [1.82, 2.24) is 0 Å². The van der Waals surface area contributed by atoms with E-state index in [1.165, 1.54) is 7.11 Å². The summed E-state index contributed by atoms with van der Waals surface area (Å²) in [6.45, 7) is 0. The Balaban J connectivity index is 2.23. The molecule has 3 heteroatoms. The molecular formula is C15H12O3. The normalized spacial score (nSPS) is 10.7. The molecule has 90 valence electrons. The highest BCUT2D eigenvalue weighted by Gasteiger charge is 2.13. The van der Waals surface area contributed by atoms with Crippen molar-refractivity contribution in [3.63, 3.8) is 0 Å². The number of furan rings is 1. The number of phenols is 1. The minimum atomic E-state index is 0.0824. The van der Waals surface area contributed by atoms with Crippen LogP contribution in [0.4, 0.5) is 0 Å². The van der Waals surface area contributed by atoms with Gasteiger partial charge in [0.15, 0.2) is 11.3 Å². The molecule has 0 radical (unpaired) electrons. The average Bonchev–Trinajstić information content (AvgIpc) is 2.84. The molecule has 1 aromatic heterocycles. The standard InChI is InChI=1S/C15H12O3/c1-17-15-12(16)8-7-11-9-13(18-14(11)15)10-5-3-2-4-6-10/h2-9,16H,1H3. The second kappa shape index (κ2) is 4.11. The molecule has 0 spiro atoms. The number of benzene rings is 2. The van der Waals surface area contributed by atoms with E-state index in [4.69, 9.17) is 9.15 Å². The highest BCUT2D eigenvalue weighted by atomic mass is 16.5. The second-order valence-corrected chi connectivity index (χ2v) is 4.01. The van der Waals surface area contributed by atoms with E-state index in [0.717, 1.165) is 16.7 Å². The fourth-order valence-electron chi connectivity index (χ4n) is 2.01. The van der Waals surface area contributed by atoms with E-state index in [-0.39, 0.29) is 5.75 Å². The maximum atomic E-state index is 9.70. The SMILES string of the molecule is COc1c(O)ccc2cc(-c3ccccc3)oc12. The van der Waals surface area contributed by atoms with Gasteiger partial charge < -0.3 is 14.3 Å². The lowest BCUT2D eigenvalue weighted by Crippen LogP contribution is -1.83. The molecule has 3 nitrogen and oxygen atoms in total. The minimum absolute atomic E-state index is 0.0824. The van der Waals surface area contributed by atoms with Crippen molar-refractivity contribution in [2.45, 2.75) is 0 Å². The van der Waals surface area contributed by atoms with Gasteiger partial charge in [-0.1, -0.05) is 30.3 Å². The predicted molar refractivity (Wildman–Crippen MR) is 69.9 cm³/mol. The van der Waals surface area contributed by atoms with Crippen LogP contribution in [0.25, 0.3) is 22.3 Å². The number of rotatable bonds is 2. The number of methoxy groups -OCH3 is 1. The molecule has 0 atom stereocenters. The van der Waals surface area contributed by atoms with Crippen LogP contribution in [0, 0.1) is 0 Å². The van der Waals surface area contributed by atoms with Crippen LogP contribution in [0.15, 0.2) is 52.9 Å². The van der Waals surface area contributed by atoms with Gasteiger partial charge in [0.05, 0.1) is 7.11 Å². The Morgan fingerprint density at radius 1 is 1.06 bits per heavy atom. The summed E-state index contributed by atoms with van der Waals surface area (Å²) in [5.74, 6) is 1.21. The first kappa shape index (κ1) is 10.7. The van der Waals surface area contributed by atoms with Gasteiger partial charge in [-0.2, -0.15) is 0 Å². The molecule has 1 heterocycles. The molecule has 0 unspecified atom stereocenters. The van der Waals surface area contributed by atoms with Crippen LogP contribution < -0.4 is 4.74 Å². The minimum Gasteiger partial charge on any atom is -0.504 e. The largest absolute Gasteiger partial charge is 0.504 e. The second-order valence-electron chi connectivity index (χ2n) is 4.01. The lowest BCUT2D eigenvalue weighted by Gasteiger charge is -2.02. The fraction of sp³-hybridized carbons (Fsp3) is 0.0667. The van der Waals surface area contributed by atoms with Gasteiger partial charge in [0.2, 0.25) is 5.75 Å². The molecule has 3 aromatic rings. The monoisotopic (exact) mass is 240 g/mol. The van der Waals surface area contributed by atoms with Crippen molar-refractivity contribution in [3.8, 4) is 22.8 Å². The lowest BCUT2D eigenvalue weighted by molar-refractivity contribution is 0.371. The number of aromatic hydroxyl groups is 1. The maximum absolute atomic E-state index is 9.70. The molecule has 0 aliphatic carbocycles. The third-order valence-electron chi connectivity index (χ3n) is 2.88. The van der Waals surface area contributed by atoms with Crippen molar-refractivity contribution in [2.24, 2.45) is 0 Å². The number of fused-ring (bicyclic) bond motifs is 1. The molecule has 18 heavy (non-hydrogen) atoms. The summed E-state index contributed by atoms with van der Waals surface area (Å²) in [6.07, 6.45) is 0. The zero-order valence-corrected chi connectivity index (χ0v) is 9.88. The Morgan fingerprint density at radius 3 is 2.56 bits per heavy atom. The van der Waals surface area contributed by atoms with Crippen molar-refractivity contribution >= 4 is 11.0 Å². The molecule has 2 aromatic carbocycles. The van der Waals surface area contributed by atoms with Crippen molar-refractivity contribution in [2.75, 3.05) is 7.11 Å². The highest BCUT2D eigenvalue weighted by molar-refractivity contribution is 5.89. The third-order valence-corrected chi connectivity index (χ3v) is 2.88. The van der Waals surface area contributed by atoms with E-state index < -0.39 is 0 Å². The molecule has 0 aliphatic heterocycles. The van der Waals surface area contributed by atoms with E-state index in [0.29, 0.717) is 11.3 Å². The van der Waals surface area contributed by atoms with Crippen molar-refractivity contribution < 1.29 is 14.3 Å². The number of hydrogen-bond acceptors (Lipinski definition) is 3. The van der Waals surface area contributed by atoms with Crippen LogP contribution in [-0.2, 0) is 0 Å². The zero-order chi connectivity index (χ0) is 12.5. The molecule has 3 rings (SSSR count). The maximum Gasteiger partial charge on any atom is 0.204 e. The van der Waals surface area contributed by atoms with E-state index in [9.17, 15) is 5.11 Å². The molecular weight excluding hydrogens is 228 g/mol. The summed E-state index contributed by atoms with van der Waals surface area (Å²) in [7, 11) is 1.51. The Hall–Kier alpha value is -2.42. The molecule has 1 N–H and O–H groups in total. The van der Waals surface area contributed by atoms with Gasteiger partial charge in [-0.15, -0.1) is 0 Å². The molecule has 0 saturated heterocycles. The van der Waals surface area contributed by atoms with Gasteiger partial charge >= 0.3 is 0 Å². The molecule has 0 fully saturated rings. The molecule has 0 saturated carbocycles. The van der Waals surface area contributed by atoms with Crippen molar-refractivity contribution in [1.29, 1.82) is 0 Å². The lowest BCUT2D eigenvalue weighted by atomic mass is 10.1. The first-order chi connectivity index (χ1) is 8.79. The Morgan fingerprint density at radius 2 is 1.83 bits per heavy atom. The van der Waals surface area contributed by atoms with Crippen molar-refractivity contribution in [3.05, 3.63) is 48.5 Å². The summed E-state index contributed by atoms with van der Waals surface area (Å²) in [5, 5.41) is 10.6. The third kappa shape index (κ3) is 1.61. The summed E-state index contributed by atoms with van der Waals surface area (Å²) in [6, 6.07) is 15.2. The van der Waals surface area contributed by atoms with Crippen LogP contribution in [0.3, 0.4) is 0 Å². The van der Waals surface area contributed by atoms with Crippen LogP contribution in [0.1, 0.15) is 0 Å². The Labute approximate surface area is 104 Å². The summed E-state index contributed by atoms with van der Waals surface area (Å²) >= 11 is 0. The summed E-state index contributed by atoms with van der Waals surface area (Å²) in [5.41, 5.74) is 1.56. The Kier molecular flexibility index (Phi) is 2.45. The average molecular weight is 240 g/mol. The van der Waals surface area contributed by atoms with Crippen LogP contribution in [-0.4, -0.2) is 12.2 Å². The van der Waals surface area contributed by atoms with Gasteiger partial charge in [0.25, 0.3) is 0 Å². The first-order valence-electron chi connectivity index (χ1n) is 5.64. The molecule has 0 aliphatic rings. The van der Waals surface area contributed by atoms with Gasteiger partial charge in [0.1, 0.15) is 5.76 Å². The first-order valence-corrected chi connectivity index (χ1v) is 5.64. The Bertz CT molecular complexity index is 684. The van der Waals surface area contributed by atoms with Crippen LogP contribution >= 0.6 is 0 Å². The van der Waals surface area contributed by atoms with Crippen LogP contribution in [0.5, 0.6) is 11.5 Å². The summed E-state index contributed by atoms with van der Waals surface area (Å²) < 4.78 is 10.9. The summed E-state index contributed by atoms with van der Waals surface area (Å²) in [4.78, 5) is 0. The molecule has 0 bridgehead atoms. The number of hydrogen-bond donors (Lipinski definition) is 1. The smallest absolute Gasteiger partial charge is 0.204 e. The van der Waals surface area contributed by atoms with Gasteiger partial charge in [-0.25, -0.2) is 0 Å². The van der Waals surface area contributed by atoms with Gasteiger partial charge in [0, 0.05) is 10.9 Å². The van der Waals surface area contributed by atoms with E-state index in [1.54, 1.807) is 6.07 Å². The topological polar surface area (TPSA) is 42.6 Å². The van der Waals surface area contributed by atoms with E-state index >= 15 is 0 Å². The van der Waals surface area contributed by atoms with Crippen LogP contribution in [0.2, 0.25) is 0 Å².